The Hall–Kier alpha value is -0.900. The van der Waals surface area contributed by atoms with Crippen LogP contribution in [0.3, 0.4) is 0 Å². The highest BCUT2D eigenvalue weighted by molar-refractivity contribution is 5.82. The topological polar surface area (TPSA) is 66.4 Å². The van der Waals surface area contributed by atoms with Gasteiger partial charge >= 0.3 is 5.97 Å². The Kier molecular flexibility index (Phi) is 2.31. The summed E-state index contributed by atoms with van der Waals surface area (Å²) in [6.45, 7) is 2.33. The van der Waals surface area contributed by atoms with Crippen molar-refractivity contribution in [3.05, 3.63) is 0 Å². The van der Waals surface area contributed by atoms with Gasteiger partial charge in [0.05, 0.1) is 0 Å². The summed E-state index contributed by atoms with van der Waals surface area (Å²) in [5.74, 6) is -0.274. The predicted octanol–water partition coefficient (Wildman–Crippen LogP) is 0.274. The van der Waals surface area contributed by atoms with Crippen LogP contribution in [0, 0.1) is 17.8 Å². The van der Waals surface area contributed by atoms with Gasteiger partial charge in [0.1, 0.15) is 11.8 Å². The quantitative estimate of drug-likeness (QED) is 0.667. The molecule has 2 N–H and O–H groups in total. The number of ketones is 1. The van der Waals surface area contributed by atoms with Gasteiger partial charge in [-0.3, -0.25) is 9.59 Å². The first-order chi connectivity index (χ1) is 6.61. The van der Waals surface area contributed by atoms with Crippen LogP contribution >= 0.6 is 0 Å². The van der Waals surface area contributed by atoms with E-state index in [0.717, 1.165) is 19.4 Å². The molecule has 78 valence electrons. The van der Waals surface area contributed by atoms with Crippen LogP contribution in [0.15, 0.2) is 0 Å². The van der Waals surface area contributed by atoms with E-state index in [1.807, 2.05) is 0 Å². The average Bonchev–Trinajstić information content (AvgIpc) is 2.59. The van der Waals surface area contributed by atoms with E-state index in [9.17, 15) is 9.59 Å². The Morgan fingerprint density at radius 2 is 2.07 bits per heavy atom. The molecule has 0 radical (unpaired) electrons. The minimum absolute atomic E-state index is 0.0314. The number of aliphatic carboxylic acids is 1. The van der Waals surface area contributed by atoms with E-state index in [1.165, 1.54) is 0 Å². The number of carbonyl (C=O) groups is 2. The first-order valence-corrected chi connectivity index (χ1v) is 5.08. The number of rotatable bonds is 2. The summed E-state index contributed by atoms with van der Waals surface area (Å²) in [5.41, 5.74) is 0. The van der Waals surface area contributed by atoms with Crippen molar-refractivity contribution >= 4 is 11.8 Å². The molecule has 2 rings (SSSR count). The summed E-state index contributed by atoms with van der Waals surface area (Å²) in [6, 6.07) is -0.503. The van der Waals surface area contributed by atoms with E-state index in [0.29, 0.717) is 5.92 Å². The van der Waals surface area contributed by atoms with Gasteiger partial charge in [-0.15, -0.1) is 0 Å². The summed E-state index contributed by atoms with van der Waals surface area (Å²) < 4.78 is 0. The summed E-state index contributed by atoms with van der Waals surface area (Å²) >= 11 is 0. The molecule has 4 nitrogen and oxygen atoms in total. The Morgan fingerprint density at radius 1 is 1.36 bits per heavy atom. The molecule has 0 aromatic carbocycles. The third-order valence-corrected chi connectivity index (χ3v) is 3.63. The Labute approximate surface area is 82.7 Å². The molecular weight excluding hydrogens is 182 g/mol. The second kappa shape index (κ2) is 3.35. The number of carboxylic acid groups (broad SMARTS) is 1. The molecule has 4 unspecified atom stereocenters. The second-order valence-electron chi connectivity index (χ2n) is 4.36. The number of carboxylic acids is 1. The van der Waals surface area contributed by atoms with Gasteiger partial charge in [-0.1, -0.05) is 0 Å². The minimum atomic E-state index is -0.814. The van der Waals surface area contributed by atoms with E-state index in [4.69, 9.17) is 5.11 Å². The largest absolute Gasteiger partial charge is 0.480 e. The van der Waals surface area contributed by atoms with Crippen molar-refractivity contribution in [2.75, 3.05) is 6.54 Å². The maximum atomic E-state index is 11.3. The lowest BCUT2D eigenvalue weighted by molar-refractivity contribution is -0.140. The molecule has 0 bridgehead atoms. The molecule has 0 aromatic rings. The van der Waals surface area contributed by atoms with E-state index >= 15 is 0 Å². The van der Waals surface area contributed by atoms with Crippen LogP contribution in [0.1, 0.15) is 19.8 Å². The Morgan fingerprint density at radius 3 is 2.64 bits per heavy atom. The maximum absolute atomic E-state index is 11.3. The summed E-state index contributed by atoms with van der Waals surface area (Å²) in [6.07, 6.45) is 1.86. The molecule has 2 aliphatic rings. The van der Waals surface area contributed by atoms with Crippen molar-refractivity contribution in [3.8, 4) is 0 Å². The fourth-order valence-corrected chi connectivity index (χ4v) is 2.99. The summed E-state index contributed by atoms with van der Waals surface area (Å²) in [7, 11) is 0. The SMILES string of the molecule is CC(=O)C1CCC2CNC(C(=O)O)C21. The first-order valence-electron chi connectivity index (χ1n) is 5.08. The molecule has 4 heteroatoms. The number of hydrogen-bond acceptors (Lipinski definition) is 3. The van der Waals surface area contributed by atoms with Crippen LogP contribution in [-0.2, 0) is 9.59 Å². The van der Waals surface area contributed by atoms with Crippen molar-refractivity contribution in [2.45, 2.75) is 25.8 Å². The Bertz CT molecular complexity index is 251. The molecule has 1 aliphatic heterocycles. The van der Waals surface area contributed by atoms with Crippen molar-refractivity contribution in [3.63, 3.8) is 0 Å². The minimum Gasteiger partial charge on any atom is -0.480 e. The number of carbonyl (C=O) groups excluding carboxylic acids is 1. The molecule has 1 aliphatic carbocycles. The van der Waals surface area contributed by atoms with Gasteiger partial charge in [0.25, 0.3) is 0 Å². The standard InChI is InChI=1S/C10H15NO3/c1-5(12)7-3-2-6-4-11-9(8(6)7)10(13)14/h6-9,11H,2-4H2,1H3,(H,13,14). The lowest BCUT2D eigenvalue weighted by Crippen LogP contribution is -2.39. The Balaban J connectivity index is 2.19. The van der Waals surface area contributed by atoms with Gasteiger partial charge in [0.15, 0.2) is 0 Å². The van der Waals surface area contributed by atoms with Crippen LogP contribution in [-0.4, -0.2) is 29.4 Å². The lowest BCUT2D eigenvalue weighted by Gasteiger charge is -2.19. The fourth-order valence-electron chi connectivity index (χ4n) is 2.99. The molecule has 14 heavy (non-hydrogen) atoms. The van der Waals surface area contributed by atoms with Gasteiger partial charge in [-0.25, -0.2) is 0 Å². The predicted molar refractivity (Wildman–Crippen MR) is 49.8 cm³/mol. The van der Waals surface area contributed by atoms with E-state index < -0.39 is 12.0 Å². The second-order valence-corrected chi connectivity index (χ2v) is 4.36. The van der Waals surface area contributed by atoms with Gasteiger partial charge in [0.2, 0.25) is 0 Å². The fraction of sp³-hybridized carbons (Fsp3) is 0.800. The highest BCUT2D eigenvalue weighted by Crippen LogP contribution is 2.42. The van der Waals surface area contributed by atoms with Gasteiger partial charge in [-0.05, 0) is 38.1 Å². The van der Waals surface area contributed by atoms with Crippen LogP contribution in [0.4, 0.5) is 0 Å². The van der Waals surface area contributed by atoms with Crippen LogP contribution in [0.2, 0.25) is 0 Å². The van der Waals surface area contributed by atoms with Crippen molar-refractivity contribution in [1.29, 1.82) is 0 Å². The zero-order valence-electron chi connectivity index (χ0n) is 8.19. The van der Waals surface area contributed by atoms with Crippen LogP contribution < -0.4 is 5.32 Å². The highest BCUT2D eigenvalue weighted by Gasteiger charge is 2.49. The average molecular weight is 197 g/mol. The van der Waals surface area contributed by atoms with Crippen molar-refractivity contribution in [2.24, 2.45) is 17.8 Å². The molecule has 0 aromatic heterocycles. The molecule has 1 saturated carbocycles. The third-order valence-electron chi connectivity index (χ3n) is 3.63. The number of fused-ring (bicyclic) bond motifs is 1. The molecule has 0 spiro atoms. The normalized spacial score (nSPS) is 40.9. The van der Waals surface area contributed by atoms with E-state index in [1.54, 1.807) is 6.92 Å². The van der Waals surface area contributed by atoms with Gasteiger partial charge < -0.3 is 10.4 Å². The van der Waals surface area contributed by atoms with Gasteiger partial charge in [-0.2, -0.15) is 0 Å². The van der Waals surface area contributed by atoms with Crippen molar-refractivity contribution in [1.82, 2.24) is 5.32 Å². The molecule has 1 saturated heterocycles. The summed E-state index contributed by atoms with van der Waals surface area (Å²) in [4.78, 5) is 22.3. The molecular formula is C10H15NO3. The lowest BCUT2D eigenvalue weighted by atomic mass is 9.84. The summed E-state index contributed by atoms with van der Waals surface area (Å²) in [5, 5.41) is 12.0. The first kappa shape index (κ1) is 9.65. The molecule has 1 heterocycles. The highest BCUT2D eigenvalue weighted by atomic mass is 16.4. The number of nitrogens with one attached hydrogen (secondary N) is 1. The number of Topliss-reactive ketones (excluding diaryl/α,β-unsaturated/α-hetero) is 1. The monoisotopic (exact) mass is 197 g/mol. The maximum Gasteiger partial charge on any atom is 0.321 e. The van der Waals surface area contributed by atoms with Gasteiger partial charge in [0, 0.05) is 5.92 Å². The zero-order valence-corrected chi connectivity index (χ0v) is 8.19. The van der Waals surface area contributed by atoms with Crippen molar-refractivity contribution < 1.29 is 14.7 Å². The molecule has 0 amide bonds. The molecule has 2 fully saturated rings. The smallest absolute Gasteiger partial charge is 0.321 e. The van der Waals surface area contributed by atoms with E-state index in [-0.39, 0.29) is 17.6 Å². The van der Waals surface area contributed by atoms with E-state index in [2.05, 4.69) is 5.32 Å². The number of hydrogen-bond donors (Lipinski definition) is 2. The van der Waals surface area contributed by atoms with Crippen LogP contribution in [0.5, 0.6) is 0 Å². The third kappa shape index (κ3) is 1.34. The zero-order chi connectivity index (χ0) is 10.3. The molecule has 4 atom stereocenters. The van der Waals surface area contributed by atoms with Crippen LogP contribution in [0.25, 0.3) is 0 Å².